The first-order chi connectivity index (χ1) is 12.7. The molecule has 0 N–H and O–H groups in total. The van der Waals surface area contributed by atoms with E-state index in [-0.39, 0.29) is 6.42 Å². The van der Waals surface area contributed by atoms with E-state index in [4.69, 9.17) is 11.6 Å². The molecule has 0 aromatic rings. The van der Waals surface area contributed by atoms with Crippen molar-refractivity contribution in [2.75, 3.05) is 0 Å². The maximum Gasteiger partial charge on any atom is 0.460 e. The molecule has 0 aliphatic carbocycles. The summed E-state index contributed by atoms with van der Waals surface area (Å²) in [5.41, 5.74) is 0. The number of halogens is 14. The first-order valence-corrected chi connectivity index (χ1v) is 8.74. The lowest BCUT2D eigenvalue weighted by molar-refractivity contribution is -0.440. The minimum Gasteiger partial charge on any atom is -0.200 e. The van der Waals surface area contributed by atoms with Gasteiger partial charge in [0.1, 0.15) is 0 Å². The second-order valence-corrected chi connectivity index (χ2v) is 7.12. The van der Waals surface area contributed by atoms with E-state index < -0.39 is 54.0 Å². The van der Waals surface area contributed by atoms with E-state index in [2.05, 4.69) is 0 Å². The molecule has 176 valence electrons. The van der Waals surface area contributed by atoms with E-state index in [0.717, 1.165) is 12.8 Å². The molecule has 0 bridgehead atoms. The van der Waals surface area contributed by atoms with Crippen LogP contribution < -0.4 is 0 Å². The van der Waals surface area contributed by atoms with Crippen LogP contribution in [0.2, 0.25) is 0 Å². The maximum absolute atomic E-state index is 13.6. The highest BCUT2D eigenvalue weighted by atomic mass is 35.5. The second-order valence-electron chi connectivity index (χ2n) is 6.50. The van der Waals surface area contributed by atoms with Gasteiger partial charge in [-0.3, -0.25) is 0 Å². The smallest absolute Gasteiger partial charge is 0.200 e. The van der Waals surface area contributed by atoms with Crippen LogP contribution in [0.1, 0.15) is 51.9 Å². The Labute approximate surface area is 162 Å². The average Bonchev–Trinajstić information content (AvgIpc) is 2.52. The maximum atomic E-state index is 13.6. The van der Waals surface area contributed by atoms with Crippen LogP contribution in [0.15, 0.2) is 0 Å². The highest BCUT2D eigenvalue weighted by Crippen LogP contribution is 2.60. The van der Waals surface area contributed by atoms with Crippen LogP contribution in [0, 0.1) is 0 Å². The summed E-state index contributed by atoms with van der Waals surface area (Å²) in [6, 6.07) is 0. The lowest BCUT2D eigenvalue weighted by Gasteiger charge is -2.40. The summed E-state index contributed by atoms with van der Waals surface area (Å²) in [6.07, 6.45) is -7.51. The van der Waals surface area contributed by atoms with Gasteiger partial charge >= 0.3 is 35.8 Å². The molecule has 14 heteroatoms. The Morgan fingerprint density at radius 3 is 1.41 bits per heavy atom. The van der Waals surface area contributed by atoms with Gasteiger partial charge in [-0.15, -0.1) is 11.6 Å². The lowest BCUT2D eigenvalue weighted by Crippen LogP contribution is -2.70. The third-order valence-electron chi connectivity index (χ3n) is 4.10. The first-order valence-electron chi connectivity index (χ1n) is 8.30. The van der Waals surface area contributed by atoms with Gasteiger partial charge in [0, 0.05) is 11.8 Å². The monoisotopic (exact) mass is 480 g/mol. The zero-order chi connectivity index (χ0) is 23.5. The normalized spacial score (nSPS) is 16.2. The van der Waals surface area contributed by atoms with Gasteiger partial charge in [-0.2, -0.15) is 57.1 Å². The van der Waals surface area contributed by atoms with E-state index in [1.165, 1.54) is 0 Å². The van der Waals surface area contributed by atoms with Crippen LogP contribution in [0.4, 0.5) is 57.1 Å². The molecule has 0 spiro atoms. The standard InChI is InChI=1S/C15H18ClF13/c1-2-3-4-5-6-7-9(16)8-10(17,18)11(19,20)12(21,22)13(23,24)14(25,26)15(27,28)29/h9H,2-8H2,1H3. The quantitative estimate of drug-likeness (QED) is 0.150. The van der Waals surface area contributed by atoms with Crippen molar-refractivity contribution in [1.82, 2.24) is 0 Å². The minimum absolute atomic E-state index is 0.0918. The van der Waals surface area contributed by atoms with Crippen molar-refractivity contribution < 1.29 is 57.1 Å². The zero-order valence-corrected chi connectivity index (χ0v) is 15.6. The van der Waals surface area contributed by atoms with Gasteiger partial charge in [-0.1, -0.05) is 39.0 Å². The Bertz CT molecular complexity index is 513. The molecule has 0 amide bonds. The molecule has 0 aromatic carbocycles. The van der Waals surface area contributed by atoms with E-state index >= 15 is 0 Å². The molecule has 0 heterocycles. The van der Waals surface area contributed by atoms with Crippen LogP contribution >= 0.6 is 11.6 Å². The molecule has 0 fully saturated rings. The van der Waals surface area contributed by atoms with Crippen molar-refractivity contribution in [3.05, 3.63) is 0 Å². The minimum atomic E-state index is -7.87. The summed E-state index contributed by atoms with van der Waals surface area (Å²) < 4.78 is 168. The summed E-state index contributed by atoms with van der Waals surface area (Å²) >= 11 is 5.34. The summed E-state index contributed by atoms with van der Waals surface area (Å²) in [5.74, 6) is -36.7. The molecule has 29 heavy (non-hydrogen) atoms. The molecule has 1 atom stereocenters. The van der Waals surface area contributed by atoms with Crippen LogP contribution in [0.25, 0.3) is 0 Å². The Balaban J connectivity index is 5.54. The fourth-order valence-corrected chi connectivity index (χ4v) is 2.63. The number of rotatable bonds is 12. The predicted octanol–water partition coefficient (Wildman–Crippen LogP) is 8.08. The molecule has 0 saturated carbocycles. The molecule has 0 radical (unpaired) electrons. The van der Waals surface area contributed by atoms with Crippen molar-refractivity contribution in [2.45, 2.75) is 93.0 Å². The third-order valence-corrected chi connectivity index (χ3v) is 4.47. The molecule has 0 aliphatic heterocycles. The first kappa shape index (κ1) is 28.4. The van der Waals surface area contributed by atoms with Gasteiger partial charge in [0.2, 0.25) is 0 Å². The van der Waals surface area contributed by atoms with Gasteiger partial charge in [0.05, 0.1) is 0 Å². The highest BCUT2D eigenvalue weighted by Gasteiger charge is 2.90. The molecule has 0 nitrogen and oxygen atoms in total. The van der Waals surface area contributed by atoms with E-state index in [9.17, 15) is 57.1 Å². The molecular weight excluding hydrogens is 463 g/mol. The second kappa shape index (κ2) is 9.25. The SMILES string of the molecule is CCCCCCCC(Cl)CC(F)(F)C(F)(F)C(F)(F)C(F)(F)C(F)(F)C(F)(F)F. The number of alkyl halides is 14. The Hall–Kier alpha value is -0.620. The fourth-order valence-electron chi connectivity index (χ4n) is 2.28. The Morgan fingerprint density at radius 1 is 0.586 bits per heavy atom. The summed E-state index contributed by atoms with van der Waals surface area (Å²) in [4.78, 5) is 0. The van der Waals surface area contributed by atoms with Crippen molar-refractivity contribution in [2.24, 2.45) is 0 Å². The largest absolute Gasteiger partial charge is 0.460 e. The summed E-state index contributed by atoms with van der Waals surface area (Å²) in [7, 11) is 0. The lowest BCUT2D eigenvalue weighted by atomic mass is 9.91. The number of unbranched alkanes of at least 4 members (excludes halogenated alkanes) is 4. The Kier molecular flexibility index (Phi) is 9.05. The third kappa shape index (κ3) is 5.55. The number of hydrogen-bond acceptors (Lipinski definition) is 0. The Morgan fingerprint density at radius 2 is 1.00 bits per heavy atom. The fraction of sp³-hybridized carbons (Fsp3) is 1.00. The molecule has 0 aromatic heterocycles. The van der Waals surface area contributed by atoms with E-state index in [1.807, 2.05) is 6.92 Å². The van der Waals surface area contributed by atoms with Gasteiger partial charge < -0.3 is 0 Å². The number of hydrogen-bond donors (Lipinski definition) is 0. The van der Waals surface area contributed by atoms with Crippen molar-refractivity contribution in [1.29, 1.82) is 0 Å². The van der Waals surface area contributed by atoms with Gasteiger partial charge in [-0.05, 0) is 6.42 Å². The van der Waals surface area contributed by atoms with E-state index in [0.29, 0.717) is 12.8 Å². The van der Waals surface area contributed by atoms with Crippen LogP contribution in [-0.2, 0) is 0 Å². The molecule has 0 rings (SSSR count). The predicted molar refractivity (Wildman–Crippen MR) is 78.4 cm³/mol. The van der Waals surface area contributed by atoms with Crippen molar-refractivity contribution in [3.8, 4) is 0 Å². The molecule has 1 unspecified atom stereocenters. The summed E-state index contributed by atoms with van der Waals surface area (Å²) in [5, 5.41) is -1.94. The van der Waals surface area contributed by atoms with E-state index in [1.54, 1.807) is 0 Å². The molecule has 0 saturated heterocycles. The van der Waals surface area contributed by atoms with Crippen molar-refractivity contribution >= 4 is 11.6 Å². The zero-order valence-electron chi connectivity index (χ0n) is 14.8. The van der Waals surface area contributed by atoms with Gasteiger partial charge in [0.25, 0.3) is 0 Å². The molecular formula is C15H18ClF13. The molecule has 0 aliphatic rings. The van der Waals surface area contributed by atoms with Crippen LogP contribution in [-0.4, -0.2) is 41.2 Å². The van der Waals surface area contributed by atoms with Crippen LogP contribution in [0.3, 0.4) is 0 Å². The average molecular weight is 481 g/mol. The van der Waals surface area contributed by atoms with Crippen LogP contribution in [0.5, 0.6) is 0 Å². The van der Waals surface area contributed by atoms with Gasteiger partial charge in [-0.25, -0.2) is 0 Å². The van der Waals surface area contributed by atoms with Crippen molar-refractivity contribution in [3.63, 3.8) is 0 Å². The summed E-state index contributed by atoms with van der Waals surface area (Å²) in [6.45, 7) is 1.84. The highest BCUT2D eigenvalue weighted by molar-refractivity contribution is 6.20. The topological polar surface area (TPSA) is 0 Å². The van der Waals surface area contributed by atoms with Gasteiger partial charge in [0.15, 0.2) is 0 Å².